The monoisotopic (exact) mass is 355 g/mol. The number of aryl methyl sites for hydroxylation is 3. The van der Waals surface area contributed by atoms with Gasteiger partial charge in [0.2, 0.25) is 5.95 Å². The molecule has 138 valence electrons. The molecule has 0 unspecified atom stereocenters. The first-order valence-corrected chi connectivity index (χ1v) is 8.72. The molecule has 3 aromatic heterocycles. The summed E-state index contributed by atoms with van der Waals surface area (Å²) in [6.07, 6.45) is 2.60. The van der Waals surface area contributed by atoms with Crippen molar-refractivity contribution in [2.75, 3.05) is 11.9 Å². The SMILES string of the molecule is Cc1cc(-c2cnc(NCCc3c(C)noc3C)nc2C(C)(C)C)on1. The fourth-order valence-electron chi connectivity index (χ4n) is 2.87. The van der Waals surface area contributed by atoms with Crippen molar-refractivity contribution >= 4 is 5.95 Å². The third-order valence-corrected chi connectivity index (χ3v) is 4.23. The minimum Gasteiger partial charge on any atom is -0.361 e. The van der Waals surface area contributed by atoms with Gasteiger partial charge in [-0.3, -0.25) is 0 Å². The third-order valence-electron chi connectivity index (χ3n) is 4.23. The number of hydrogen-bond acceptors (Lipinski definition) is 7. The maximum atomic E-state index is 5.41. The van der Waals surface area contributed by atoms with E-state index >= 15 is 0 Å². The second-order valence-corrected chi connectivity index (χ2v) is 7.52. The van der Waals surface area contributed by atoms with Crippen molar-refractivity contribution in [3.05, 3.63) is 40.7 Å². The van der Waals surface area contributed by atoms with Crippen molar-refractivity contribution in [2.24, 2.45) is 0 Å². The molecule has 0 spiro atoms. The lowest BCUT2D eigenvalue weighted by Crippen LogP contribution is -2.18. The lowest BCUT2D eigenvalue weighted by molar-refractivity contribution is 0.392. The Bertz CT molecular complexity index is 886. The minimum atomic E-state index is -0.156. The molecule has 0 radical (unpaired) electrons. The van der Waals surface area contributed by atoms with Gasteiger partial charge in [-0.15, -0.1) is 0 Å². The predicted octanol–water partition coefficient (Wildman–Crippen LogP) is 4.00. The summed E-state index contributed by atoms with van der Waals surface area (Å²) >= 11 is 0. The van der Waals surface area contributed by atoms with E-state index in [9.17, 15) is 0 Å². The normalized spacial score (nSPS) is 11.8. The maximum Gasteiger partial charge on any atom is 0.222 e. The Labute approximate surface area is 153 Å². The zero-order valence-electron chi connectivity index (χ0n) is 16.2. The Morgan fingerprint density at radius 3 is 2.42 bits per heavy atom. The van der Waals surface area contributed by atoms with Crippen molar-refractivity contribution in [3.8, 4) is 11.3 Å². The fraction of sp³-hybridized carbons (Fsp3) is 0.474. The molecule has 0 aliphatic heterocycles. The largest absolute Gasteiger partial charge is 0.361 e. The van der Waals surface area contributed by atoms with Crippen LogP contribution in [0.5, 0.6) is 0 Å². The number of hydrogen-bond donors (Lipinski definition) is 1. The topological polar surface area (TPSA) is 89.9 Å². The van der Waals surface area contributed by atoms with E-state index in [1.807, 2.05) is 26.8 Å². The zero-order valence-corrected chi connectivity index (χ0v) is 16.2. The number of rotatable bonds is 5. The van der Waals surface area contributed by atoms with Gasteiger partial charge in [0, 0.05) is 29.8 Å². The van der Waals surface area contributed by atoms with E-state index in [-0.39, 0.29) is 5.41 Å². The van der Waals surface area contributed by atoms with Gasteiger partial charge in [0.05, 0.1) is 22.6 Å². The Morgan fingerprint density at radius 1 is 1.08 bits per heavy atom. The molecule has 7 nitrogen and oxygen atoms in total. The molecule has 7 heteroatoms. The van der Waals surface area contributed by atoms with Crippen LogP contribution in [-0.4, -0.2) is 26.8 Å². The van der Waals surface area contributed by atoms with Gasteiger partial charge in [0.25, 0.3) is 0 Å². The lowest BCUT2D eigenvalue weighted by atomic mass is 9.88. The van der Waals surface area contributed by atoms with Crippen molar-refractivity contribution in [1.82, 2.24) is 20.3 Å². The Hall–Kier alpha value is -2.70. The van der Waals surface area contributed by atoms with Gasteiger partial charge in [-0.2, -0.15) is 0 Å². The molecule has 3 aromatic rings. The maximum absolute atomic E-state index is 5.41. The van der Waals surface area contributed by atoms with Gasteiger partial charge in [0.15, 0.2) is 5.76 Å². The highest BCUT2D eigenvalue weighted by Crippen LogP contribution is 2.32. The molecule has 1 N–H and O–H groups in total. The molecule has 3 heterocycles. The summed E-state index contributed by atoms with van der Waals surface area (Å²) < 4.78 is 10.6. The molecule has 26 heavy (non-hydrogen) atoms. The molecular formula is C19H25N5O2. The van der Waals surface area contributed by atoms with Crippen LogP contribution in [-0.2, 0) is 11.8 Å². The van der Waals surface area contributed by atoms with Gasteiger partial charge in [-0.25, -0.2) is 9.97 Å². The molecule has 0 fully saturated rings. The van der Waals surface area contributed by atoms with E-state index < -0.39 is 0 Å². The average Bonchev–Trinajstić information content (AvgIpc) is 3.14. The molecule has 0 aliphatic rings. The van der Waals surface area contributed by atoms with Gasteiger partial charge in [-0.05, 0) is 27.2 Å². The molecule has 0 aliphatic carbocycles. The highest BCUT2D eigenvalue weighted by molar-refractivity contribution is 5.62. The van der Waals surface area contributed by atoms with Crippen molar-refractivity contribution in [3.63, 3.8) is 0 Å². The summed E-state index contributed by atoms with van der Waals surface area (Å²) in [5.41, 5.74) is 4.52. The van der Waals surface area contributed by atoms with E-state index in [0.717, 1.165) is 40.4 Å². The summed E-state index contributed by atoms with van der Waals surface area (Å²) in [5, 5.41) is 11.3. The smallest absolute Gasteiger partial charge is 0.222 e. The van der Waals surface area contributed by atoms with Crippen LogP contribution in [0.4, 0.5) is 5.95 Å². The molecule has 0 amide bonds. The first-order valence-electron chi connectivity index (χ1n) is 8.72. The van der Waals surface area contributed by atoms with Gasteiger partial charge >= 0.3 is 0 Å². The van der Waals surface area contributed by atoms with Crippen LogP contribution >= 0.6 is 0 Å². The standard InChI is InChI=1S/C19H25N5O2/c1-11-9-16(26-23-11)15-10-21-18(22-17(15)19(4,5)6)20-8-7-14-12(2)24-25-13(14)3/h9-10H,7-8H2,1-6H3,(H,20,21,22). The minimum absolute atomic E-state index is 0.156. The van der Waals surface area contributed by atoms with Gasteiger partial charge in [-0.1, -0.05) is 31.1 Å². The summed E-state index contributed by atoms with van der Waals surface area (Å²) in [5.74, 6) is 2.15. The van der Waals surface area contributed by atoms with Crippen molar-refractivity contribution in [1.29, 1.82) is 0 Å². The van der Waals surface area contributed by atoms with Crippen LogP contribution < -0.4 is 5.32 Å². The first-order chi connectivity index (χ1) is 12.3. The first kappa shape index (κ1) is 18.1. The summed E-state index contributed by atoms with van der Waals surface area (Å²) in [7, 11) is 0. The number of aromatic nitrogens is 4. The Morgan fingerprint density at radius 2 is 1.85 bits per heavy atom. The molecule has 0 bridgehead atoms. The van der Waals surface area contributed by atoms with Crippen LogP contribution in [0, 0.1) is 20.8 Å². The number of nitrogens with one attached hydrogen (secondary N) is 1. The average molecular weight is 355 g/mol. The second-order valence-electron chi connectivity index (χ2n) is 7.52. The molecule has 0 aromatic carbocycles. The van der Waals surface area contributed by atoms with Crippen LogP contribution in [0.25, 0.3) is 11.3 Å². The van der Waals surface area contributed by atoms with Crippen LogP contribution in [0.2, 0.25) is 0 Å². The van der Waals surface area contributed by atoms with Crippen molar-refractivity contribution < 1.29 is 9.05 Å². The molecular weight excluding hydrogens is 330 g/mol. The Balaban J connectivity index is 1.81. The van der Waals surface area contributed by atoms with Gasteiger partial charge in [0.1, 0.15) is 5.76 Å². The van der Waals surface area contributed by atoms with E-state index in [1.54, 1.807) is 6.20 Å². The van der Waals surface area contributed by atoms with Crippen LogP contribution in [0.15, 0.2) is 21.3 Å². The van der Waals surface area contributed by atoms with Crippen LogP contribution in [0.1, 0.15) is 49.2 Å². The summed E-state index contributed by atoms with van der Waals surface area (Å²) in [6, 6.07) is 1.90. The summed E-state index contributed by atoms with van der Waals surface area (Å²) in [6.45, 7) is 12.8. The quantitative estimate of drug-likeness (QED) is 0.740. The van der Waals surface area contributed by atoms with Crippen LogP contribution in [0.3, 0.4) is 0 Å². The highest BCUT2D eigenvalue weighted by atomic mass is 16.5. The fourth-order valence-corrected chi connectivity index (χ4v) is 2.87. The number of anilines is 1. The summed E-state index contributed by atoms with van der Waals surface area (Å²) in [4.78, 5) is 9.20. The lowest BCUT2D eigenvalue weighted by Gasteiger charge is -2.21. The van der Waals surface area contributed by atoms with E-state index in [0.29, 0.717) is 18.3 Å². The molecule has 0 saturated heterocycles. The van der Waals surface area contributed by atoms with E-state index in [2.05, 4.69) is 41.4 Å². The predicted molar refractivity (Wildman–Crippen MR) is 99.1 cm³/mol. The molecule has 3 rings (SSSR count). The van der Waals surface area contributed by atoms with E-state index in [1.165, 1.54) is 0 Å². The van der Waals surface area contributed by atoms with Crippen molar-refractivity contribution in [2.45, 2.75) is 53.4 Å². The zero-order chi connectivity index (χ0) is 18.9. The number of nitrogens with zero attached hydrogens (tertiary/aromatic N) is 4. The Kier molecular flexibility index (Phi) is 4.80. The highest BCUT2D eigenvalue weighted by Gasteiger charge is 2.24. The van der Waals surface area contributed by atoms with E-state index in [4.69, 9.17) is 14.0 Å². The second kappa shape index (κ2) is 6.90. The third kappa shape index (κ3) is 3.76. The molecule has 0 saturated carbocycles. The van der Waals surface area contributed by atoms with Gasteiger partial charge < -0.3 is 14.4 Å². The molecule has 0 atom stereocenters.